The standard InChI is InChI=1S/C30H36FN3O6S/c1-21(29(36)32-30(2,3)4)33(19-22-11-13-23(31)14-12-22)28(35)20-34(26-9-7-8-10-27(26)40-6)41(37,38)25-17-15-24(39-5)16-18-25/h7-18,21H,19-20H2,1-6H3,(H,32,36). The molecule has 0 saturated carbocycles. The predicted molar refractivity (Wildman–Crippen MR) is 155 cm³/mol. The van der Waals surface area contributed by atoms with E-state index in [2.05, 4.69) is 5.32 Å². The number of amides is 2. The third kappa shape index (κ3) is 7.97. The minimum Gasteiger partial charge on any atom is -0.497 e. The van der Waals surface area contributed by atoms with Gasteiger partial charge in [0, 0.05) is 12.1 Å². The summed E-state index contributed by atoms with van der Waals surface area (Å²) in [7, 11) is -1.42. The summed E-state index contributed by atoms with van der Waals surface area (Å²) in [5.41, 5.74) is 0.140. The Morgan fingerprint density at radius 2 is 1.54 bits per heavy atom. The van der Waals surface area contributed by atoms with Crippen LogP contribution in [-0.2, 0) is 26.2 Å². The quantitative estimate of drug-likeness (QED) is 0.358. The van der Waals surface area contributed by atoms with Crippen molar-refractivity contribution in [1.82, 2.24) is 10.2 Å². The van der Waals surface area contributed by atoms with E-state index in [1.54, 1.807) is 25.1 Å². The summed E-state index contributed by atoms with van der Waals surface area (Å²) in [6.45, 7) is 6.31. The monoisotopic (exact) mass is 585 g/mol. The zero-order chi connectivity index (χ0) is 30.4. The van der Waals surface area contributed by atoms with Gasteiger partial charge >= 0.3 is 0 Å². The highest BCUT2D eigenvalue weighted by atomic mass is 32.2. The molecule has 0 radical (unpaired) electrons. The van der Waals surface area contributed by atoms with E-state index in [-0.39, 0.29) is 22.9 Å². The Labute approximate surface area is 240 Å². The van der Waals surface area contributed by atoms with Crippen LogP contribution in [0.3, 0.4) is 0 Å². The predicted octanol–water partition coefficient (Wildman–Crippen LogP) is 4.37. The summed E-state index contributed by atoms with van der Waals surface area (Å²) in [5.74, 6) is -0.809. The Balaban J connectivity index is 2.07. The van der Waals surface area contributed by atoms with E-state index in [0.29, 0.717) is 11.3 Å². The molecule has 3 rings (SSSR count). The maximum Gasteiger partial charge on any atom is 0.264 e. The van der Waals surface area contributed by atoms with Gasteiger partial charge in [0.05, 0.1) is 24.8 Å². The number of methoxy groups -OCH3 is 2. The first-order chi connectivity index (χ1) is 19.3. The number of anilines is 1. The molecule has 9 nitrogen and oxygen atoms in total. The summed E-state index contributed by atoms with van der Waals surface area (Å²) in [6, 6.07) is 16.8. The van der Waals surface area contributed by atoms with E-state index in [1.165, 1.54) is 73.7 Å². The summed E-state index contributed by atoms with van der Waals surface area (Å²) >= 11 is 0. The fraction of sp³-hybridized carbons (Fsp3) is 0.333. The summed E-state index contributed by atoms with van der Waals surface area (Å²) in [5, 5.41) is 2.86. The van der Waals surface area contributed by atoms with Crippen molar-refractivity contribution >= 4 is 27.5 Å². The molecule has 0 aliphatic rings. The van der Waals surface area contributed by atoms with Crippen LogP contribution >= 0.6 is 0 Å². The molecule has 41 heavy (non-hydrogen) atoms. The zero-order valence-corrected chi connectivity index (χ0v) is 24.9. The fourth-order valence-electron chi connectivity index (χ4n) is 4.07. The average Bonchev–Trinajstić information content (AvgIpc) is 2.94. The van der Waals surface area contributed by atoms with Crippen LogP contribution in [0, 0.1) is 5.82 Å². The second-order valence-electron chi connectivity index (χ2n) is 10.4. The molecule has 0 fully saturated rings. The first kappa shape index (κ1) is 31.4. The molecular formula is C30H36FN3O6S. The normalized spacial score (nSPS) is 12.3. The highest BCUT2D eigenvalue weighted by Gasteiger charge is 2.34. The SMILES string of the molecule is COc1ccc(S(=O)(=O)N(CC(=O)N(Cc2ccc(F)cc2)C(C)C(=O)NC(C)(C)C)c2ccccc2OC)cc1. The van der Waals surface area contributed by atoms with Crippen LogP contribution in [0.1, 0.15) is 33.3 Å². The number of sulfonamides is 1. The van der Waals surface area contributed by atoms with Gasteiger partial charge in [-0.25, -0.2) is 12.8 Å². The highest BCUT2D eigenvalue weighted by molar-refractivity contribution is 7.92. The molecule has 11 heteroatoms. The molecule has 0 aliphatic heterocycles. The number of nitrogens with one attached hydrogen (secondary N) is 1. The Morgan fingerprint density at radius 3 is 2.10 bits per heavy atom. The van der Waals surface area contributed by atoms with Crippen molar-refractivity contribution in [3.8, 4) is 11.5 Å². The van der Waals surface area contributed by atoms with Gasteiger partial charge in [-0.3, -0.25) is 13.9 Å². The van der Waals surface area contributed by atoms with Gasteiger partial charge in [-0.15, -0.1) is 0 Å². The van der Waals surface area contributed by atoms with Crippen molar-refractivity contribution in [2.45, 2.75) is 50.7 Å². The molecule has 0 saturated heterocycles. The smallest absolute Gasteiger partial charge is 0.264 e. The van der Waals surface area contributed by atoms with E-state index in [4.69, 9.17) is 9.47 Å². The molecule has 0 heterocycles. The van der Waals surface area contributed by atoms with Crippen molar-refractivity contribution in [3.05, 3.63) is 84.2 Å². The van der Waals surface area contributed by atoms with Gasteiger partial charge in [0.25, 0.3) is 10.0 Å². The minimum atomic E-state index is -4.29. The van der Waals surface area contributed by atoms with E-state index in [9.17, 15) is 22.4 Å². The first-order valence-corrected chi connectivity index (χ1v) is 14.4. The zero-order valence-electron chi connectivity index (χ0n) is 24.0. The van der Waals surface area contributed by atoms with Gasteiger partial charge in [-0.1, -0.05) is 24.3 Å². The lowest BCUT2D eigenvalue weighted by atomic mass is 10.1. The van der Waals surface area contributed by atoms with Crippen molar-refractivity contribution < 1.29 is 31.9 Å². The number of nitrogens with zero attached hydrogens (tertiary/aromatic N) is 2. The lowest BCUT2D eigenvalue weighted by Crippen LogP contribution is -2.54. The van der Waals surface area contributed by atoms with E-state index in [1.807, 2.05) is 20.8 Å². The maximum absolute atomic E-state index is 14.0. The molecule has 3 aromatic carbocycles. The first-order valence-electron chi connectivity index (χ1n) is 12.9. The summed E-state index contributed by atoms with van der Waals surface area (Å²) in [4.78, 5) is 28.4. The van der Waals surface area contributed by atoms with Crippen molar-refractivity contribution in [3.63, 3.8) is 0 Å². The topological polar surface area (TPSA) is 105 Å². The van der Waals surface area contributed by atoms with Crippen LogP contribution in [0.2, 0.25) is 0 Å². The largest absolute Gasteiger partial charge is 0.497 e. The minimum absolute atomic E-state index is 0.0554. The van der Waals surface area contributed by atoms with E-state index >= 15 is 0 Å². The Hall–Kier alpha value is -4.12. The van der Waals surface area contributed by atoms with E-state index in [0.717, 1.165) is 4.31 Å². The number of ether oxygens (including phenoxy) is 2. The second-order valence-corrected chi connectivity index (χ2v) is 12.3. The lowest BCUT2D eigenvalue weighted by molar-refractivity contribution is -0.140. The molecule has 2 amide bonds. The second kappa shape index (κ2) is 13.0. The van der Waals surface area contributed by atoms with Crippen molar-refractivity contribution in [2.24, 2.45) is 0 Å². The number of carbonyl (C=O) groups is 2. The van der Waals surface area contributed by atoms with Crippen molar-refractivity contribution in [2.75, 3.05) is 25.1 Å². The molecule has 0 bridgehead atoms. The Bertz CT molecular complexity index is 1450. The number of para-hydroxylation sites is 2. The van der Waals surface area contributed by atoms with Crippen LogP contribution in [-0.4, -0.2) is 57.5 Å². The number of benzene rings is 3. The molecule has 1 atom stereocenters. The fourth-order valence-corrected chi connectivity index (χ4v) is 5.49. The number of carbonyl (C=O) groups excluding carboxylic acids is 2. The molecule has 1 N–H and O–H groups in total. The molecule has 0 spiro atoms. The Kier molecular flexibility index (Phi) is 9.98. The molecule has 0 aliphatic carbocycles. The highest BCUT2D eigenvalue weighted by Crippen LogP contribution is 2.33. The third-order valence-electron chi connectivity index (χ3n) is 6.21. The molecule has 0 aromatic heterocycles. The molecule has 3 aromatic rings. The molecule has 1 unspecified atom stereocenters. The molecule has 220 valence electrons. The number of hydrogen-bond acceptors (Lipinski definition) is 6. The maximum atomic E-state index is 14.0. The number of rotatable bonds is 11. The van der Waals surface area contributed by atoms with Crippen LogP contribution in [0.25, 0.3) is 0 Å². The van der Waals surface area contributed by atoms with Gasteiger partial charge in [-0.05, 0) is 81.8 Å². The lowest BCUT2D eigenvalue weighted by Gasteiger charge is -2.33. The van der Waals surface area contributed by atoms with Gasteiger partial charge in [-0.2, -0.15) is 0 Å². The van der Waals surface area contributed by atoms with Gasteiger partial charge in [0.1, 0.15) is 29.9 Å². The van der Waals surface area contributed by atoms with E-state index < -0.39 is 45.8 Å². The van der Waals surface area contributed by atoms with Gasteiger partial charge in [0.2, 0.25) is 11.8 Å². The van der Waals surface area contributed by atoms with Crippen molar-refractivity contribution in [1.29, 1.82) is 0 Å². The van der Waals surface area contributed by atoms with Gasteiger partial charge in [0.15, 0.2) is 0 Å². The number of hydrogen-bond donors (Lipinski definition) is 1. The van der Waals surface area contributed by atoms with Crippen LogP contribution < -0.4 is 19.1 Å². The number of halogens is 1. The summed E-state index contributed by atoms with van der Waals surface area (Å²) < 4.78 is 53.1. The third-order valence-corrected chi connectivity index (χ3v) is 7.99. The van der Waals surface area contributed by atoms with Crippen LogP contribution in [0.5, 0.6) is 11.5 Å². The Morgan fingerprint density at radius 1 is 0.927 bits per heavy atom. The molecular weight excluding hydrogens is 549 g/mol. The average molecular weight is 586 g/mol. The van der Waals surface area contributed by atoms with Crippen LogP contribution in [0.15, 0.2) is 77.7 Å². The van der Waals surface area contributed by atoms with Crippen LogP contribution in [0.4, 0.5) is 10.1 Å². The van der Waals surface area contributed by atoms with Gasteiger partial charge < -0.3 is 19.7 Å². The summed E-state index contributed by atoms with van der Waals surface area (Å²) in [6.07, 6.45) is 0.